The Labute approximate surface area is 122 Å². The van der Waals surface area contributed by atoms with Crippen LogP contribution in [0.15, 0.2) is 36.4 Å². The van der Waals surface area contributed by atoms with E-state index in [9.17, 15) is 13.2 Å². The van der Waals surface area contributed by atoms with E-state index in [1.165, 1.54) is 24.3 Å². The summed E-state index contributed by atoms with van der Waals surface area (Å²) >= 11 is 9.09. The predicted octanol–water partition coefficient (Wildman–Crippen LogP) is 5.44. The van der Waals surface area contributed by atoms with Gasteiger partial charge in [-0.2, -0.15) is 0 Å². The van der Waals surface area contributed by atoms with Crippen LogP contribution in [-0.4, -0.2) is 0 Å². The van der Waals surface area contributed by atoms with Gasteiger partial charge in [0.25, 0.3) is 0 Å². The first-order valence-electron chi connectivity index (χ1n) is 5.50. The van der Waals surface area contributed by atoms with Crippen LogP contribution in [0, 0.1) is 17.5 Å². The summed E-state index contributed by atoms with van der Waals surface area (Å²) in [6.45, 7) is 0. The van der Waals surface area contributed by atoms with E-state index in [-0.39, 0.29) is 9.85 Å². The standard InChI is InChI=1S/C14H9BrClF3/c15-11(8-2-4-13(18)12(16)6-8)5-9-1-3-10(17)7-14(9)19/h1-4,6-7,11H,5H2. The van der Waals surface area contributed by atoms with Crippen molar-refractivity contribution in [3.8, 4) is 0 Å². The zero-order valence-corrected chi connectivity index (χ0v) is 12.0. The van der Waals surface area contributed by atoms with Crippen molar-refractivity contribution in [2.24, 2.45) is 0 Å². The first-order chi connectivity index (χ1) is 8.97. The fourth-order valence-electron chi connectivity index (χ4n) is 1.71. The van der Waals surface area contributed by atoms with Gasteiger partial charge < -0.3 is 0 Å². The molecule has 0 aromatic heterocycles. The Kier molecular flexibility index (Phi) is 4.53. The molecule has 0 saturated heterocycles. The predicted molar refractivity (Wildman–Crippen MR) is 73.1 cm³/mol. The Bertz CT molecular complexity index is 601. The fourth-order valence-corrected chi connectivity index (χ4v) is 2.53. The van der Waals surface area contributed by atoms with Crippen molar-refractivity contribution in [1.29, 1.82) is 0 Å². The smallest absolute Gasteiger partial charge is 0.141 e. The van der Waals surface area contributed by atoms with E-state index in [0.717, 1.165) is 11.6 Å². The van der Waals surface area contributed by atoms with Crippen molar-refractivity contribution in [2.75, 3.05) is 0 Å². The molecule has 1 unspecified atom stereocenters. The summed E-state index contributed by atoms with van der Waals surface area (Å²) in [6.07, 6.45) is 0.314. The second kappa shape index (κ2) is 5.97. The molecular formula is C14H9BrClF3. The normalized spacial score (nSPS) is 12.5. The summed E-state index contributed by atoms with van der Waals surface area (Å²) in [5.74, 6) is -1.71. The second-order valence-corrected chi connectivity index (χ2v) is 5.59. The van der Waals surface area contributed by atoms with Crippen molar-refractivity contribution in [1.82, 2.24) is 0 Å². The molecule has 0 fully saturated rings. The highest BCUT2D eigenvalue weighted by molar-refractivity contribution is 9.09. The molecule has 19 heavy (non-hydrogen) atoms. The summed E-state index contributed by atoms with van der Waals surface area (Å²) in [6, 6.07) is 7.75. The van der Waals surface area contributed by atoms with Gasteiger partial charge in [-0.1, -0.05) is 39.7 Å². The van der Waals surface area contributed by atoms with Crippen molar-refractivity contribution >= 4 is 27.5 Å². The first kappa shape index (κ1) is 14.4. The molecule has 0 amide bonds. The van der Waals surface area contributed by atoms with E-state index in [4.69, 9.17) is 11.6 Å². The Morgan fingerprint density at radius 1 is 1.00 bits per heavy atom. The van der Waals surface area contributed by atoms with Gasteiger partial charge in [-0.05, 0) is 35.7 Å². The zero-order valence-electron chi connectivity index (χ0n) is 9.64. The third-order valence-electron chi connectivity index (χ3n) is 2.72. The molecule has 0 radical (unpaired) electrons. The lowest BCUT2D eigenvalue weighted by molar-refractivity contribution is 0.571. The SMILES string of the molecule is Fc1ccc(CC(Br)c2ccc(F)c(Cl)c2)c(F)c1. The Balaban J connectivity index is 2.20. The Morgan fingerprint density at radius 3 is 2.37 bits per heavy atom. The quantitative estimate of drug-likeness (QED) is 0.648. The highest BCUT2D eigenvalue weighted by Crippen LogP contribution is 2.30. The first-order valence-corrected chi connectivity index (χ1v) is 6.79. The van der Waals surface area contributed by atoms with Gasteiger partial charge in [0, 0.05) is 10.9 Å². The van der Waals surface area contributed by atoms with Crippen LogP contribution in [0.5, 0.6) is 0 Å². The topological polar surface area (TPSA) is 0 Å². The largest absolute Gasteiger partial charge is 0.207 e. The number of rotatable bonds is 3. The minimum atomic E-state index is -0.614. The minimum absolute atomic E-state index is 0.0153. The molecule has 2 rings (SSSR count). The number of halogens is 5. The Hall–Kier alpha value is -1.00. The van der Waals surface area contributed by atoms with Gasteiger partial charge in [0.05, 0.1) is 5.02 Å². The van der Waals surface area contributed by atoms with E-state index in [1.807, 2.05) is 0 Å². The van der Waals surface area contributed by atoms with Crippen LogP contribution >= 0.6 is 27.5 Å². The third-order valence-corrected chi connectivity index (χ3v) is 3.86. The van der Waals surface area contributed by atoms with Crippen LogP contribution < -0.4 is 0 Å². The molecule has 0 bridgehead atoms. The fraction of sp³-hybridized carbons (Fsp3) is 0.143. The van der Waals surface area contributed by atoms with Crippen LogP contribution in [0.3, 0.4) is 0 Å². The molecule has 100 valence electrons. The van der Waals surface area contributed by atoms with Gasteiger partial charge in [0.15, 0.2) is 0 Å². The van der Waals surface area contributed by atoms with E-state index in [1.54, 1.807) is 6.07 Å². The van der Waals surface area contributed by atoms with Gasteiger partial charge in [0.1, 0.15) is 17.5 Å². The van der Waals surface area contributed by atoms with Gasteiger partial charge >= 0.3 is 0 Å². The van der Waals surface area contributed by atoms with E-state index >= 15 is 0 Å². The molecule has 0 nitrogen and oxygen atoms in total. The molecule has 0 aliphatic carbocycles. The van der Waals surface area contributed by atoms with Gasteiger partial charge in [0.2, 0.25) is 0 Å². The van der Waals surface area contributed by atoms with Crippen LogP contribution in [-0.2, 0) is 6.42 Å². The van der Waals surface area contributed by atoms with E-state index in [0.29, 0.717) is 12.0 Å². The number of hydrogen-bond donors (Lipinski definition) is 0. The molecule has 1 atom stereocenters. The van der Waals surface area contributed by atoms with Crippen molar-refractivity contribution in [2.45, 2.75) is 11.2 Å². The van der Waals surface area contributed by atoms with E-state index < -0.39 is 17.5 Å². The molecule has 5 heteroatoms. The van der Waals surface area contributed by atoms with Crippen molar-refractivity contribution < 1.29 is 13.2 Å². The maximum absolute atomic E-state index is 13.5. The highest BCUT2D eigenvalue weighted by Gasteiger charge is 2.13. The monoisotopic (exact) mass is 348 g/mol. The number of alkyl halides is 1. The second-order valence-electron chi connectivity index (χ2n) is 4.08. The molecule has 0 saturated carbocycles. The van der Waals surface area contributed by atoms with E-state index in [2.05, 4.69) is 15.9 Å². The van der Waals surface area contributed by atoms with Crippen molar-refractivity contribution in [3.63, 3.8) is 0 Å². The molecule has 0 aliphatic heterocycles. The summed E-state index contributed by atoms with van der Waals surface area (Å²) < 4.78 is 39.4. The lowest BCUT2D eigenvalue weighted by atomic mass is 10.0. The molecular weight excluding hydrogens is 341 g/mol. The number of hydrogen-bond acceptors (Lipinski definition) is 0. The summed E-state index contributed by atoms with van der Waals surface area (Å²) in [5.41, 5.74) is 1.11. The lowest BCUT2D eigenvalue weighted by Gasteiger charge is -2.11. The summed E-state index contributed by atoms with van der Waals surface area (Å²) in [7, 11) is 0. The third kappa shape index (κ3) is 3.51. The van der Waals surface area contributed by atoms with Crippen LogP contribution in [0.4, 0.5) is 13.2 Å². The lowest BCUT2D eigenvalue weighted by Crippen LogP contribution is -1.99. The minimum Gasteiger partial charge on any atom is -0.207 e. The zero-order chi connectivity index (χ0) is 14.0. The molecule has 0 aliphatic rings. The summed E-state index contributed by atoms with van der Waals surface area (Å²) in [4.78, 5) is -0.231. The van der Waals surface area contributed by atoms with Crippen LogP contribution in [0.25, 0.3) is 0 Å². The maximum atomic E-state index is 13.5. The average molecular weight is 350 g/mol. The molecule has 0 N–H and O–H groups in total. The number of benzene rings is 2. The van der Waals surface area contributed by atoms with Crippen molar-refractivity contribution in [3.05, 3.63) is 70.0 Å². The van der Waals surface area contributed by atoms with Gasteiger partial charge in [-0.25, -0.2) is 13.2 Å². The van der Waals surface area contributed by atoms with Gasteiger partial charge in [-0.15, -0.1) is 0 Å². The average Bonchev–Trinajstić information content (AvgIpc) is 2.36. The highest BCUT2D eigenvalue weighted by atomic mass is 79.9. The molecule has 2 aromatic carbocycles. The maximum Gasteiger partial charge on any atom is 0.141 e. The Morgan fingerprint density at radius 2 is 1.74 bits per heavy atom. The van der Waals surface area contributed by atoms with Crippen LogP contribution in [0.1, 0.15) is 16.0 Å². The molecule has 0 spiro atoms. The molecule has 0 heterocycles. The van der Waals surface area contributed by atoms with Gasteiger partial charge in [-0.3, -0.25) is 0 Å². The van der Waals surface area contributed by atoms with Crippen LogP contribution in [0.2, 0.25) is 5.02 Å². The molecule has 2 aromatic rings. The summed E-state index contributed by atoms with van der Waals surface area (Å²) in [5, 5.41) is 0.0153.